The lowest BCUT2D eigenvalue weighted by Crippen LogP contribution is -2.32. The van der Waals surface area contributed by atoms with Crippen molar-refractivity contribution in [2.24, 2.45) is 0 Å². The number of carbonyl (C=O) groups excluding carboxylic acids is 1. The number of rotatable bonds is 5. The Labute approximate surface area is 172 Å². The largest absolute Gasteiger partial charge is 0.476 e. The molecule has 0 spiro atoms. The Bertz CT molecular complexity index is 1090. The molecule has 11 heteroatoms. The van der Waals surface area contributed by atoms with Gasteiger partial charge in [0.25, 0.3) is 5.91 Å². The number of nitrogens with zero attached hydrogens (tertiary/aromatic N) is 2. The highest BCUT2D eigenvalue weighted by Gasteiger charge is 2.30. The van der Waals surface area contributed by atoms with E-state index < -0.39 is 35.0 Å². The second-order valence-corrected chi connectivity index (χ2v) is 6.36. The lowest BCUT2D eigenvalue weighted by Gasteiger charge is -2.12. The minimum Gasteiger partial charge on any atom is -0.476 e. The van der Waals surface area contributed by atoms with Gasteiger partial charge in [-0.15, -0.1) is 0 Å². The van der Waals surface area contributed by atoms with Crippen LogP contribution in [0.3, 0.4) is 0 Å². The standard InChI is InChI=1S/C19H12ClF3N4O3/c20-12-5-1-10(2-6-12)14-9-24-16(18(29)30)15(25-14)17(28)27-26-13-7-3-11(4-8-13)19(21,22)23/h1-9,26H,(H,27,28)(H,29,30). The van der Waals surface area contributed by atoms with Crippen molar-refractivity contribution in [3.63, 3.8) is 0 Å². The number of amides is 1. The van der Waals surface area contributed by atoms with Gasteiger partial charge in [0.1, 0.15) is 0 Å². The first-order chi connectivity index (χ1) is 14.1. The molecule has 0 fully saturated rings. The third kappa shape index (κ3) is 4.84. The number of carbonyl (C=O) groups is 2. The molecule has 30 heavy (non-hydrogen) atoms. The summed E-state index contributed by atoms with van der Waals surface area (Å²) in [5, 5.41) is 9.76. The summed E-state index contributed by atoms with van der Waals surface area (Å²) in [5.41, 5.74) is 3.63. The van der Waals surface area contributed by atoms with E-state index in [4.69, 9.17) is 11.6 Å². The number of hydrogen-bond acceptors (Lipinski definition) is 5. The quantitative estimate of drug-likeness (QED) is 0.516. The summed E-state index contributed by atoms with van der Waals surface area (Å²) in [4.78, 5) is 31.7. The molecule has 0 atom stereocenters. The topological polar surface area (TPSA) is 104 Å². The minimum absolute atomic E-state index is 0.148. The highest BCUT2D eigenvalue weighted by molar-refractivity contribution is 6.30. The van der Waals surface area contributed by atoms with Crippen LogP contribution in [0, 0.1) is 0 Å². The maximum Gasteiger partial charge on any atom is 0.416 e. The maximum atomic E-state index is 12.6. The number of carboxylic acid groups (broad SMARTS) is 1. The van der Waals surface area contributed by atoms with Gasteiger partial charge in [-0.25, -0.2) is 14.8 Å². The SMILES string of the molecule is O=C(O)c1ncc(-c2ccc(Cl)cc2)nc1C(=O)NNc1ccc(C(F)(F)F)cc1. The Kier molecular flexibility index (Phi) is 5.88. The third-order valence-corrected chi connectivity index (χ3v) is 4.11. The summed E-state index contributed by atoms with van der Waals surface area (Å²) in [6.07, 6.45) is -3.29. The zero-order chi connectivity index (χ0) is 21.9. The lowest BCUT2D eigenvalue weighted by atomic mass is 10.1. The van der Waals surface area contributed by atoms with Crippen LogP contribution in [0.2, 0.25) is 5.02 Å². The van der Waals surface area contributed by atoms with E-state index in [0.717, 1.165) is 24.3 Å². The molecular formula is C19H12ClF3N4O3. The van der Waals surface area contributed by atoms with Gasteiger partial charge in [0.15, 0.2) is 11.4 Å². The molecule has 0 aliphatic rings. The van der Waals surface area contributed by atoms with Gasteiger partial charge in [0.2, 0.25) is 0 Å². The van der Waals surface area contributed by atoms with Crippen LogP contribution in [0.5, 0.6) is 0 Å². The number of benzene rings is 2. The summed E-state index contributed by atoms with van der Waals surface area (Å²) >= 11 is 5.83. The predicted molar refractivity (Wildman–Crippen MR) is 102 cm³/mol. The van der Waals surface area contributed by atoms with Gasteiger partial charge >= 0.3 is 12.1 Å². The van der Waals surface area contributed by atoms with E-state index in [-0.39, 0.29) is 11.4 Å². The second-order valence-electron chi connectivity index (χ2n) is 5.92. The molecule has 0 unspecified atom stereocenters. The highest BCUT2D eigenvalue weighted by atomic mass is 35.5. The number of aromatic carboxylic acids is 1. The van der Waals surface area contributed by atoms with Gasteiger partial charge in [-0.1, -0.05) is 23.7 Å². The molecule has 0 saturated carbocycles. The first-order valence-electron chi connectivity index (χ1n) is 8.25. The maximum absolute atomic E-state index is 12.6. The number of anilines is 1. The van der Waals surface area contributed by atoms with Crippen LogP contribution >= 0.6 is 11.6 Å². The molecule has 0 radical (unpaired) electrons. The van der Waals surface area contributed by atoms with Gasteiger partial charge in [0.05, 0.1) is 23.1 Å². The zero-order valence-electron chi connectivity index (χ0n) is 14.9. The Morgan fingerprint density at radius 2 is 1.60 bits per heavy atom. The zero-order valence-corrected chi connectivity index (χ0v) is 15.6. The van der Waals surface area contributed by atoms with E-state index in [1.165, 1.54) is 6.20 Å². The van der Waals surface area contributed by atoms with E-state index in [0.29, 0.717) is 10.6 Å². The fourth-order valence-corrected chi connectivity index (χ4v) is 2.52. The van der Waals surface area contributed by atoms with Crippen molar-refractivity contribution >= 4 is 29.2 Å². The van der Waals surface area contributed by atoms with E-state index in [1.807, 2.05) is 0 Å². The summed E-state index contributed by atoms with van der Waals surface area (Å²) < 4.78 is 37.8. The smallest absolute Gasteiger partial charge is 0.416 e. The lowest BCUT2D eigenvalue weighted by molar-refractivity contribution is -0.137. The van der Waals surface area contributed by atoms with E-state index >= 15 is 0 Å². The van der Waals surface area contributed by atoms with Crippen molar-refractivity contribution in [2.45, 2.75) is 6.18 Å². The van der Waals surface area contributed by atoms with Crippen molar-refractivity contribution in [3.8, 4) is 11.3 Å². The molecule has 154 valence electrons. The molecule has 1 amide bonds. The first-order valence-corrected chi connectivity index (χ1v) is 8.63. The van der Waals surface area contributed by atoms with Gasteiger partial charge in [0, 0.05) is 10.6 Å². The summed E-state index contributed by atoms with van der Waals surface area (Å²) in [6.45, 7) is 0. The highest BCUT2D eigenvalue weighted by Crippen LogP contribution is 2.29. The van der Waals surface area contributed by atoms with Crippen molar-refractivity contribution in [1.29, 1.82) is 0 Å². The van der Waals surface area contributed by atoms with Crippen LogP contribution in [0.1, 0.15) is 26.5 Å². The van der Waals surface area contributed by atoms with Crippen molar-refractivity contribution < 1.29 is 27.9 Å². The first kappa shape index (κ1) is 21.1. The average molecular weight is 437 g/mol. The molecule has 0 aliphatic heterocycles. The fraction of sp³-hybridized carbons (Fsp3) is 0.0526. The van der Waals surface area contributed by atoms with Crippen LogP contribution in [0.4, 0.5) is 18.9 Å². The monoisotopic (exact) mass is 436 g/mol. The average Bonchev–Trinajstić information content (AvgIpc) is 2.71. The van der Waals surface area contributed by atoms with Crippen LogP contribution in [0.25, 0.3) is 11.3 Å². The Morgan fingerprint density at radius 3 is 2.17 bits per heavy atom. The van der Waals surface area contributed by atoms with E-state index in [1.54, 1.807) is 24.3 Å². The van der Waals surface area contributed by atoms with Gasteiger partial charge < -0.3 is 5.11 Å². The Morgan fingerprint density at radius 1 is 0.967 bits per heavy atom. The van der Waals surface area contributed by atoms with Crippen molar-refractivity contribution in [1.82, 2.24) is 15.4 Å². The van der Waals surface area contributed by atoms with Crippen molar-refractivity contribution in [3.05, 3.63) is 76.7 Å². The van der Waals surface area contributed by atoms with Gasteiger partial charge in [-0.2, -0.15) is 13.2 Å². The number of nitrogens with one attached hydrogen (secondary N) is 2. The molecule has 3 aromatic rings. The van der Waals surface area contributed by atoms with Gasteiger partial charge in [-0.05, 0) is 36.4 Å². The summed E-state index contributed by atoms with van der Waals surface area (Å²) in [6, 6.07) is 10.3. The van der Waals surface area contributed by atoms with Crippen LogP contribution in [-0.2, 0) is 6.18 Å². The van der Waals surface area contributed by atoms with Crippen molar-refractivity contribution in [2.75, 3.05) is 5.43 Å². The number of aromatic nitrogens is 2. The normalized spacial score (nSPS) is 11.1. The molecule has 0 saturated heterocycles. The predicted octanol–water partition coefficient (Wildman–Crippen LogP) is 4.27. The van der Waals surface area contributed by atoms with Crippen LogP contribution < -0.4 is 10.9 Å². The molecule has 0 bridgehead atoms. The molecule has 3 rings (SSSR count). The molecule has 3 N–H and O–H groups in total. The summed E-state index contributed by atoms with van der Waals surface area (Å²) in [7, 11) is 0. The molecule has 1 aromatic heterocycles. The van der Waals surface area contributed by atoms with Gasteiger partial charge in [-0.3, -0.25) is 15.6 Å². The Hall–Kier alpha value is -3.66. The van der Waals surface area contributed by atoms with Crippen LogP contribution in [-0.4, -0.2) is 27.0 Å². The fourth-order valence-electron chi connectivity index (χ4n) is 2.39. The molecular weight excluding hydrogens is 425 g/mol. The number of carboxylic acids is 1. The van der Waals surface area contributed by atoms with Crippen LogP contribution in [0.15, 0.2) is 54.7 Å². The third-order valence-electron chi connectivity index (χ3n) is 3.86. The number of hydrogen-bond donors (Lipinski definition) is 3. The second kappa shape index (κ2) is 8.37. The number of hydrazine groups is 1. The summed E-state index contributed by atoms with van der Waals surface area (Å²) in [5.74, 6) is -2.40. The van der Waals surface area contributed by atoms with E-state index in [9.17, 15) is 27.9 Å². The molecule has 7 nitrogen and oxygen atoms in total. The van der Waals surface area contributed by atoms with E-state index in [2.05, 4.69) is 20.8 Å². The number of alkyl halides is 3. The molecule has 0 aliphatic carbocycles. The minimum atomic E-state index is -4.49. The molecule has 1 heterocycles. The number of halogens is 4. The molecule has 2 aromatic carbocycles. The Balaban J connectivity index is 1.82.